The largest absolute Gasteiger partial charge is 0.496 e. The molecule has 6 nitrogen and oxygen atoms in total. The Morgan fingerprint density at radius 2 is 1.80 bits per heavy atom. The normalized spacial score (nSPS) is 11.0. The van der Waals surface area contributed by atoms with Crippen LogP contribution in [0.15, 0.2) is 47.6 Å². The lowest BCUT2D eigenvalue weighted by Gasteiger charge is -2.15. The Balaban J connectivity index is 2.41. The van der Waals surface area contributed by atoms with Crippen molar-refractivity contribution in [1.82, 2.24) is 0 Å². The molecular weight excluding hydrogens is 346 g/mol. The van der Waals surface area contributed by atoms with Gasteiger partial charge in [0, 0.05) is 0 Å². The molecule has 0 spiro atoms. The van der Waals surface area contributed by atoms with Crippen molar-refractivity contribution < 1.29 is 23.8 Å². The third kappa shape index (κ3) is 4.42. The lowest BCUT2D eigenvalue weighted by Crippen LogP contribution is -2.13. The Hall–Kier alpha value is -2.73. The van der Waals surface area contributed by atoms with E-state index in [2.05, 4.69) is 5.16 Å². The van der Waals surface area contributed by atoms with Crippen molar-refractivity contribution in [1.29, 1.82) is 0 Å². The standard InChI is InChI=1S/C18H18ClNO5/c1-4-24-17(20-25-18(21)12-8-6-5-7-9-12)15-14(22-2)11-10-13(19)16(15)23-3/h5-11H,4H2,1-3H3. The topological polar surface area (TPSA) is 66.4 Å². The van der Waals surface area contributed by atoms with Crippen LogP contribution >= 0.6 is 11.6 Å². The summed E-state index contributed by atoms with van der Waals surface area (Å²) in [5.74, 6) is 0.147. The second kappa shape index (κ2) is 8.94. The molecule has 0 bridgehead atoms. The van der Waals surface area contributed by atoms with Crippen molar-refractivity contribution in [2.45, 2.75) is 6.92 Å². The number of halogens is 1. The Bertz CT molecular complexity index is 762. The van der Waals surface area contributed by atoms with Gasteiger partial charge in [-0.25, -0.2) is 4.79 Å². The maximum atomic E-state index is 12.1. The number of ether oxygens (including phenoxy) is 3. The lowest BCUT2D eigenvalue weighted by atomic mass is 10.1. The highest BCUT2D eigenvalue weighted by Gasteiger charge is 2.22. The third-order valence-corrected chi connectivity index (χ3v) is 3.51. The minimum Gasteiger partial charge on any atom is -0.496 e. The number of carbonyl (C=O) groups excluding carboxylic acids is 1. The average molecular weight is 364 g/mol. The summed E-state index contributed by atoms with van der Waals surface area (Å²) in [5, 5.41) is 4.19. The van der Waals surface area contributed by atoms with Gasteiger partial charge in [-0.2, -0.15) is 0 Å². The molecule has 2 aromatic carbocycles. The predicted molar refractivity (Wildman–Crippen MR) is 94.6 cm³/mol. The van der Waals surface area contributed by atoms with Gasteiger partial charge in [-0.1, -0.05) is 29.8 Å². The second-order valence-corrected chi connectivity index (χ2v) is 5.14. The number of hydrogen-bond acceptors (Lipinski definition) is 6. The van der Waals surface area contributed by atoms with Gasteiger partial charge in [0.15, 0.2) is 5.75 Å². The Morgan fingerprint density at radius 1 is 1.08 bits per heavy atom. The maximum Gasteiger partial charge on any atom is 0.365 e. The molecule has 7 heteroatoms. The van der Waals surface area contributed by atoms with E-state index in [0.29, 0.717) is 34.3 Å². The van der Waals surface area contributed by atoms with Gasteiger partial charge in [-0.3, -0.25) is 0 Å². The molecule has 0 aliphatic carbocycles. The van der Waals surface area contributed by atoms with Crippen LogP contribution in [0.25, 0.3) is 0 Å². The van der Waals surface area contributed by atoms with E-state index in [1.165, 1.54) is 14.2 Å². The first-order valence-electron chi connectivity index (χ1n) is 7.50. The van der Waals surface area contributed by atoms with Gasteiger partial charge in [0.05, 0.1) is 31.4 Å². The molecule has 0 aliphatic heterocycles. The van der Waals surface area contributed by atoms with Crippen LogP contribution in [0.5, 0.6) is 11.5 Å². The number of carbonyl (C=O) groups is 1. The zero-order chi connectivity index (χ0) is 18.2. The minimum atomic E-state index is -0.613. The summed E-state index contributed by atoms with van der Waals surface area (Å²) in [6, 6.07) is 11.8. The SMILES string of the molecule is CCOC(=NOC(=O)c1ccccc1)c1c(OC)ccc(Cl)c1OC. The van der Waals surface area contributed by atoms with E-state index in [0.717, 1.165) is 0 Å². The van der Waals surface area contributed by atoms with Gasteiger partial charge < -0.3 is 19.0 Å². The highest BCUT2D eigenvalue weighted by atomic mass is 35.5. The van der Waals surface area contributed by atoms with Gasteiger partial charge in [-0.05, 0) is 36.3 Å². The van der Waals surface area contributed by atoms with Crippen molar-refractivity contribution in [3.05, 3.63) is 58.6 Å². The quantitative estimate of drug-likeness (QED) is 0.337. The first kappa shape index (κ1) is 18.6. The van der Waals surface area contributed by atoms with Gasteiger partial charge in [0.25, 0.3) is 5.90 Å². The third-order valence-electron chi connectivity index (χ3n) is 3.21. The molecular formula is C18H18ClNO5. The molecule has 0 atom stereocenters. The number of oxime groups is 1. The van der Waals surface area contributed by atoms with E-state index in [4.69, 9.17) is 30.6 Å². The van der Waals surface area contributed by atoms with Crippen LogP contribution in [0.3, 0.4) is 0 Å². The van der Waals surface area contributed by atoms with Crippen LogP contribution in [0.4, 0.5) is 0 Å². The first-order valence-corrected chi connectivity index (χ1v) is 7.88. The average Bonchev–Trinajstić information content (AvgIpc) is 2.65. The first-order chi connectivity index (χ1) is 12.1. The fraction of sp³-hybridized carbons (Fsp3) is 0.222. The molecule has 0 heterocycles. The Morgan fingerprint density at radius 3 is 2.40 bits per heavy atom. The summed E-state index contributed by atoms with van der Waals surface area (Å²) < 4.78 is 16.2. The molecule has 0 saturated heterocycles. The summed E-state index contributed by atoms with van der Waals surface area (Å²) in [7, 11) is 2.95. The van der Waals surface area contributed by atoms with Crippen LogP contribution in [0.1, 0.15) is 22.8 Å². The van der Waals surface area contributed by atoms with Crippen molar-refractivity contribution in [3.63, 3.8) is 0 Å². The second-order valence-electron chi connectivity index (χ2n) is 4.73. The summed E-state index contributed by atoms with van der Waals surface area (Å²) >= 11 is 6.16. The van der Waals surface area contributed by atoms with Crippen molar-refractivity contribution in [2.24, 2.45) is 5.16 Å². The zero-order valence-electron chi connectivity index (χ0n) is 14.1. The summed E-state index contributed by atoms with van der Waals surface area (Å²) in [5.41, 5.74) is 0.729. The maximum absolute atomic E-state index is 12.1. The van der Waals surface area contributed by atoms with Gasteiger partial charge in [0.1, 0.15) is 11.3 Å². The molecule has 2 aromatic rings. The summed E-state index contributed by atoms with van der Waals surface area (Å²) in [6.07, 6.45) is 0. The minimum absolute atomic E-state index is 0.0305. The molecule has 0 aromatic heterocycles. The summed E-state index contributed by atoms with van der Waals surface area (Å²) in [4.78, 5) is 17.1. The predicted octanol–water partition coefficient (Wildman–Crippen LogP) is 3.91. The Labute approximate surface area is 150 Å². The monoisotopic (exact) mass is 363 g/mol. The molecule has 0 fully saturated rings. The van der Waals surface area contributed by atoms with Crippen LogP contribution in [-0.2, 0) is 9.57 Å². The molecule has 0 amide bonds. The van der Waals surface area contributed by atoms with Gasteiger partial charge in [0.2, 0.25) is 0 Å². The number of methoxy groups -OCH3 is 2. The van der Waals surface area contributed by atoms with Crippen LogP contribution in [-0.4, -0.2) is 32.7 Å². The molecule has 0 unspecified atom stereocenters. The number of hydrogen-bond donors (Lipinski definition) is 0. The molecule has 0 aliphatic rings. The number of benzene rings is 2. The summed E-state index contributed by atoms with van der Waals surface area (Å²) in [6.45, 7) is 2.07. The van der Waals surface area contributed by atoms with E-state index in [9.17, 15) is 4.79 Å². The van der Waals surface area contributed by atoms with Gasteiger partial charge in [-0.15, -0.1) is 0 Å². The highest BCUT2D eigenvalue weighted by molar-refractivity contribution is 6.32. The fourth-order valence-corrected chi connectivity index (χ4v) is 2.34. The number of nitrogens with zero attached hydrogens (tertiary/aromatic N) is 1. The Kier molecular flexibility index (Phi) is 6.65. The van der Waals surface area contributed by atoms with E-state index in [-0.39, 0.29) is 5.90 Å². The van der Waals surface area contributed by atoms with E-state index in [1.54, 1.807) is 49.4 Å². The van der Waals surface area contributed by atoms with E-state index in [1.807, 2.05) is 0 Å². The van der Waals surface area contributed by atoms with E-state index >= 15 is 0 Å². The number of rotatable bonds is 6. The van der Waals surface area contributed by atoms with Crippen LogP contribution in [0.2, 0.25) is 5.02 Å². The lowest BCUT2D eigenvalue weighted by molar-refractivity contribution is 0.0502. The van der Waals surface area contributed by atoms with Crippen molar-refractivity contribution >= 4 is 23.5 Å². The van der Waals surface area contributed by atoms with E-state index < -0.39 is 5.97 Å². The zero-order valence-corrected chi connectivity index (χ0v) is 14.9. The van der Waals surface area contributed by atoms with Crippen LogP contribution < -0.4 is 9.47 Å². The smallest absolute Gasteiger partial charge is 0.365 e. The molecule has 25 heavy (non-hydrogen) atoms. The van der Waals surface area contributed by atoms with Gasteiger partial charge >= 0.3 is 5.97 Å². The highest BCUT2D eigenvalue weighted by Crippen LogP contribution is 2.36. The molecule has 132 valence electrons. The molecule has 0 radical (unpaired) electrons. The van der Waals surface area contributed by atoms with Crippen molar-refractivity contribution in [3.8, 4) is 11.5 Å². The van der Waals surface area contributed by atoms with Crippen LogP contribution in [0, 0.1) is 0 Å². The van der Waals surface area contributed by atoms with Crippen molar-refractivity contribution in [2.75, 3.05) is 20.8 Å². The fourth-order valence-electron chi connectivity index (χ4n) is 2.10. The molecule has 0 saturated carbocycles. The molecule has 0 N–H and O–H groups in total. The molecule has 2 rings (SSSR count).